The number of carbonyl (C=O) groups excluding carboxylic acids is 2. The van der Waals surface area contributed by atoms with Gasteiger partial charge in [0.15, 0.2) is 58.6 Å². The second-order valence-corrected chi connectivity index (χ2v) is 32.9. The summed E-state index contributed by atoms with van der Waals surface area (Å²) in [6.07, 6.45) is 1.52. The van der Waals surface area contributed by atoms with Gasteiger partial charge in [0.1, 0.15) is 6.61 Å². The lowest BCUT2D eigenvalue weighted by atomic mass is 10.4. The molecule has 49 heavy (non-hydrogen) atoms. The Bertz CT molecular complexity index is 959. The molecule has 0 N–H and O–H groups in total. The van der Waals surface area contributed by atoms with Crippen LogP contribution in [0.15, 0.2) is 0 Å². The van der Waals surface area contributed by atoms with Gasteiger partial charge in [0.05, 0.1) is 39.6 Å². The number of ether oxygens (including phenoxy) is 10. The Kier molecular flexibility index (Phi) is 17.7. The molecule has 4 heterocycles. The number of cyclic esters (lactones) is 4. The molecule has 0 amide bonds. The van der Waals surface area contributed by atoms with Crippen molar-refractivity contribution in [3.8, 4) is 0 Å². The van der Waals surface area contributed by atoms with Crippen LogP contribution in [0.2, 0.25) is 76.6 Å². The molecule has 4 aliphatic rings. The molecule has 0 aromatic carbocycles. The highest BCUT2D eigenvalue weighted by atomic mass is 28.4. The average Bonchev–Trinajstić information content (AvgIpc) is 3.82. The Morgan fingerprint density at radius 3 is 1.49 bits per heavy atom. The van der Waals surface area contributed by atoms with Gasteiger partial charge in [-0.2, -0.15) is 0 Å². The van der Waals surface area contributed by atoms with Crippen LogP contribution in [0.3, 0.4) is 0 Å². The molecule has 0 bridgehead atoms. The summed E-state index contributed by atoms with van der Waals surface area (Å²) in [6.45, 7) is 23.0. The van der Waals surface area contributed by atoms with Gasteiger partial charge in [-0.1, -0.05) is 0 Å². The molecular weight excluding hydrogens is 709 g/mol. The summed E-state index contributed by atoms with van der Waals surface area (Å²) in [5.41, 5.74) is 0. The third kappa shape index (κ3) is 18.4. The van der Waals surface area contributed by atoms with Crippen LogP contribution >= 0.6 is 0 Å². The van der Waals surface area contributed by atoms with E-state index < -0.39 is 51.9 Å². The van der Waals surface area contributed by atoms with Gasteiger partial charge >= 0.3 is 12.3 Å². The monoisotopic (exact) mass is 770 g/mol. The van der Waals surface area contributed by atoms with Gasteiger partial charge in [0, 0.05) is 6.61 Å². The molecule has 0 aromatic rings. The van der Waals surface area contributed by atoms with Crippen molar-refractivity contribution in [2.24, 2.45) is 0 Å². The molecule has 14 nitrogen and oxygen atoms in total. The maximum atomic E-state index is 10.8. The summed E-state index contributed by atoms with van der Waals surface area (Å²) < 4.78 is 65.5. The molecule has 4 aliphatic heterocycles. The molecular formula is C31H62O14Si4. The van der Waals surface area contributed by atoms with Crippen LogP contribution < -0.4 is 0 Å². The van der Waals surface area contributed by atoms with Crippen LogP contribution in [0.5, 0.6) is 0 Å². The van der Waals surface area contributed by atoms with E-state index in [1.54, 1.807) is 0 Å². The predicted octanol–water partition coefficient (Wildman–Crippen LogP) is 6.19. The topological polar surface area (TPSA) is 145 Å². The zero-order valence-corrected chi connectivity index (χ0v) is 35.0. The molecule has 4 rings (SSSR count). The highest BCUT2D eigenvalue weighted by Crippen LogP contribution is 2.27. The quantitative estimate of drug-likeness (QED) is 0.0743. The number of carbonyl (C=O) groups is 2. The van der Waals surface area contributed by atoms with Crippen molar-refractivity contribution >= 4 is 45.6 Å². The lowest BCUT2D eigenvalue weighted by Gasteiger charge is -2.34. The van der Waals surface area contributed by atoms with E-state index in [1.165, 1.54) is 0 Å². The molecule has 0 saturated carbocycles. The smallest absolute Gasteiger partial charge is 0.455 e. The van der Waals surface area contributed by atoms with Crippen LogP contribution in [0, 0.1) is 0 Å². The van der Waals surface area contributed by atoms with Crippen LogP contribution in [0.4, 0.5) is 9.59 Å². The van der Waals surface area contributed by atoms with E-state index in [-0.39, 0.29) is 31.9 Å². The van der Waals surface area contributed by atoms with Crippen molar-refractivity contribution in [1.29, 1.82) is 0 Å². The van der Waals surface area contributed by atoms with Crippen molar-refractivity contribution in [3.63, 3.8) is 0 Å². The van der Waals surface area contributed by atoms with Gasteiger partial charge in [0.25, 0.3) is 0 Å². The number of hydrogen-bond acceptors (Lipinski definition) is 14. The molecule has 0 radical (unpaired) electrons. The van der Waals surface area contributed by atoms with Crippen LogP contribution in [-0.2, 0) is 55.6 Å². The van der Waals surface area contributed by atoms with E-state index in [9.17, 15) is 9.59 Å². The van der Waals surface area contributed by atoms with E-state index in [1.807, 2.05) is 0 Å². The summed E-state index contributed by atoms with van der Waals surface area (Å²) in [6, 6.07) is 4.17. The highest BCUT2D eigenvalue weighted by Gasteiger charge is 2.36. The number of hydrogen-bond donors (Lipinski definition) is 0. The molecule has 2 unspecified atom stereocenters. The Morgan fingerprint density at radius 1 is 0.592 bits per heavy atom. The Morgan fingerprint density at radius 2 is 1.04 bits per heavy atom. The van der Waals surface area contributed by atoms with E-state index in [2.05, 4.69) is 57.1 Å². The summed E-state index contributed by atoms with van der Waals surface area (Å²) in [5, 5.41) is 0. The molecule has 4 saturated heterocycles. The predicted molar refractivity (Wildman–Crippen MR) is 190 cm³/mol. The van der Waals surface area contributed by atoms with E-state index >= 15 is 0 Å². The van der Waals surface area contributed by atoms with Crippen molar-refractivity contribution in [2.45, 2.75) is 127 Å². The van der Waals surface area contributed by atoms with E-state index in [4.69, 9.17) is 50.9 Å². The SMILES string of the molecule is C[Si](C)(CCC1OCCO1)O[Si](C)(C)CCC1OCCO1.C[Si](C)(CCCOCC1COC(=O)O1)O[Si](C)(C)CCCOC1COC(=O)O1. The fourth-order valence-electron chi connectivity index (χ4n) is 6.15. The van der Waals surface area contributed by atoms with Crippen molar-refractivity contribution in [2.75, 3.05) is 59.5 Å². The van der Waals surface area contributed by atoms with Gasteiger partial charge in [-0.15, -0.1) is 0 Å². The van der Waals surface area contributed by atoms with Crippen LogP contribution in [-0.4, -0.2) is 130 Å². The van der Waals surface area contributed by atoms with Crippen molar-refractivity contribution in [3.05, 3.63) is 0 Å². The standard InChI is InChI=1S/C17H32O9Si2.C14H30O5Si2/c1-27(2,9-5-7-20-11-14-12-22-16(18)24-14)26-28(3,4)10-6-8-21-15-13-23-17(19)25-15;1-20(2,11-5-13-15-7-8-16-13)19-21(3,4)12-6-14-17-9-10-18-14/h14-15H,5-13H2,1-4H3;13-14H,5-12H2,1-4H3. The minimum absolute atomic E-state index is 0.00885. The maximum Gasteiger partial charge on any atom is 0.510 e. The first-order valence-electron chi connectivity index (χ1n) is 17.7. The molecule has 0 spiro atoms. The average molecular weight is 771 g/mol. The Labute approximate surface area is 296 Å². The first-order chi connectivity index (χ1) is 23.0. The van der Waals surface area contributed by atoms with E-state index in [0.29, 0.717) is 19.8 Å². The first kappa shape index (κ1) is 42.5. The zero-order valence-electron chi connectivity index (χ0n) is 31.0. The Hall–Kier alpha value is -0.912. The normalized spacial score (nSPS) is 22.4. The maximum absolute atomic E-state index is 10.8. The summed E-state index contributed by atoms with van der Waals surface area (Å²) in [4.78, 5) is 21.7. The Balaban J connectivity index is 0.000000276. The minimum atomic E-state index is -1.80. The van der Waals surface area contributed by atoms with Gasteiger partial charge in [0.2, 0.25) is 6.29 Å². The highest BCUT2D eigenvalue weighted by molar-refractivity contribution is 6.85. The van der Waals surface area contributed by atoms with Crippen LogP contribution in [0.1, 0.15) is 25.7 Å². The zero-order chi connectivity index (χ0) is 36.0. The van der Waals surface area contributed by atoms with Gasteiger partial charge in [-0.3, -0.25) is 0 Å². The lowest BCUT2D eigenvalue weighted by molar-refractivity contribution is -0.0769. The summed E-state index contributed by atoms with van der Waals surface area (Å²) in [7, 11) is -6.91. The van der Waals surface area contributed by atoms with Gasteiger partial charge in [-0.25, -0.2) is 9.59 Å². The third-order valence-corrected chi connectivity index (χ3v) is 23.2. The third-order valence-electron chi connectivity index (χ3n) is 8.26. The largest absolute Gasteiger partial charge is 0.510 e. The second-order valence-electron chi connectivity index (χ2n) is 15.2. The molecule has 4 fully saturated rings. The van der Waals surface area contributed by atoms with Crippen molar-refractivity contribution < 1.29 is 65.2 Å². The van der Waals surface area contributed by atoms with Gasteiger partial charge in [-0.05, 0) is 102 Å². The summed E-state index contributed by atoms with van der Waals surface area (Å²) >= 11 is 0. The van der Waals surface area contributed by atoms with Crippen molar-refractivity contribution in [1.82, 2.24) is 0 Å². The molecule has 2 atom stereocenters. The lowest BCUT2D eigenvalue weighted by Crippen LogP contribution is -2.45. The fourth-order valence-corrected chi connectivity index (χ4v) is 23.6. The fraction of sp³-hybridized carbons (Fsp3) is 0.935. The molecule has 286 valence electrons. The molecule has 0 aromatic heterocycles. The van der Waals surface area contributed by atoms with Gasteiger partial charge < -0.3 is 55.6 Å². The second kappa shape index (κ2) is 20.4. The molecule has 18 heteroatoms. The minimum Gasteiger partial charge on any atom is -0.455 e. The molecule has 0 aliphatic carbocycles. The number of rotatable bonds is 21. The first-order valence-corrected chi connectivity index (χ1v) is 30.2. The van der Waals surface area contributed by atoms with E-state index in [0.717, 1.165) is 76.3 Å². The summed E-state index contributed by atoms with van der Waals surface area (Å²) in [5.74, 6) is 0. The van der Waals surface area contributed by atoms with Crippen LogP contribution in [0.25, 0.3) is 0 Å².